The van der Waals surface area contributed by atoms with Gasteiger partial charge in [-0.3, -0.25) is 4.79 Å². The van der Waals surface area contributed by atoms with Crippen molar-refractivity contribution in [1.82, 2.24) is 5.32 Å². The lowest BCUT2D eigenvalue weighted by molar-refractivity contribution is 0.0949. The van der Waals surface area contributed by atoms with Crippen LogP contribution in [0.5, 0.6) is 0 Å². The minimum absolute atomic E-state index is 0.0956. The van der Waals surface area contributed by atoms with Gasteiger partial charge in [0.05, 0.1) is 11.8 Å². The Hall–Kier alpha value is -2.23. The summed E-state index contributed by atoms with van der Waals surface area (Å²) >= 11 is 0. The summed E-state index contributed by atoms with van der Waals surface area (Å²) in [5, 5.41) is 6.42. The van der Waals surface area contributed by atoms with Gasteiger partial charge in [-0.15, -0.1) is 0 Å². The first-order chi connectivity index (χ1) is 10.1. The molecule has 0 bridgehead atoms. The van der Waals surface area contributed by atoms with Crippen molar-refractivity contribution in [3.05, 3.63) is 54.0 Å². The van der Waals surface area contributed by atoms with Crippen LogP contribution >= 0.6 is 0 Å². The molecule has 1 atom stereocenters. The second-order valence-electron chi connectivity index (χ2n) is 5.46. The third-order valence-corrected chi connectivity index (χ3v) is 3.52. The van der Waals surface area contributed by atoms with Gasteiger partial charge in [-0.05, 0) is 31.0 Å². The van der Waals surface area contributed by atoms with Gasteiger partial charge < -0.3 is 15.1 Å². The molecule has 0 fully saturated rings. The Balaban J connectivity index is 1.95. The average molecular weight is 286 g/mol. The van der Waals surface area contributed by atoms with E-state index in [-0.39, 0.29) is 11.9 Å². The molecule has 0 saturated heterocycles. The van der Waals surface area contributed by atoms with Gasteiger partial charge in [-0.2, -0.15) is 0 Å². The maximum Gasteiger partial charge on any atom is 0.254 e. The van der Waals surface area contributed by atoms with Crippen molar-refractivity contribution >= 4 is 11.6 Å². The highest BCUT2D eigenvalue weighted by atomic mass is 16.3. The molecule has 112 valence electrons. The normalized spacial score (nSPS) is 12.2. The highest BCUT2D eigenvalue weighted by Gasteiger charge is 2.16. The van der Waals surface area contributed by atoms with Gasteiger partial charge in [-0.1, -0.05) is 32.0 Å². The molecule has 1 heterocycles. The molecular weight excluding hydrogens is 264 g/mol. The molecule has 2 N–H and O–H groups in total. The summed E-state index contributed by atoms with van der Waals surface area (Å²) in [5.41, 5.74) is 1.65. The number of rotatable bonds is 6. The first-order valence-corrected chi connectivity index (χ1v) is 7.22. The largest absolute Gasteiger partial charge is 0.469 e. The molecule has 2 aromatic rings. The molecule has 4 nitrogen and oxygen atoms in total. The predicted octanol–water partition coefficient (Wildman–Crippen LogP) is 3.45. The minimum atomic E-state index is -0.0956. The van der Waals surface area contributed by atoms with E-state index < -0.39 is 0 Å². The molecule has 21 heavy (non-hydrogen) atoms. The van der Waals surface area contributed by atoms with E-state index in [1.54, 1.807) is 13.0 Å². The number of aryl methyl sites for hydroxylation is 1. The Morgan fingerprint density at radius 3 is 2.48 bits per heavy atom. The van der Waals surface area contributed by atoms with E-state index >= 15 is 0 Å². The molecule has 0 spiro atoms. The van der Waals surface area contributed by atoms with Gasteiger partial charge >= 0.3 is 0 Å². The molecule has 0 saturated carbocycles. The molecule has 0 aliphatic carbocycles. The fraction of sp³-hybridized carbons (Fsp3) is 0.353. The summed E-state index contributed by atoms with van der Waals surface area (Å²) in [6, 6.07) is 11.9. The number of carbonyl (C=O) groups is 1. The van der Waals surface area contributed by atoms with E-state index in [4.69, 9.17) is 4.42 Å². The Kier molecular flexibility index (Phi) is 5.04. The smallest absolute Gasteiger partial charge is 0.254 e. The average Bonchev–Trinajstić information content (AvgIpc) is 2.90. The van der Waals surface area contributed by atoms with Gasteiger partial charge in [0.15, 0.2) is 0 Å². The van der Waals surface area contributed by atoms with Crippen molar-refractivity contribution in [3.63, 3.8) is 0 Å². The number of nitrogens with one attached hydrogen (secondary N) is 2. The Morgan fingerprint density at radius 2 is 1.90 bits per heavy atom. The van der Waals surface area contributed by atoms with E-state index in [0.29, 0.717) is 23.8 Å². The standard InChI is InChI=1S/C17H22N2O2/c1-12(2)16(19-14-7-5-4-6-8-14)11-18-17(20)15-9-10-21-13(15)3/h4-10,12,16,19H,11H2,1-3H3,(H,18,20). The molecule has 2 rings (SSSR count). The fourth-order valence-electron chi connectivity index (χ4n) is 2.12. The van der Waals surface area contributed by atoms with Crippen LogP contribution in [0.3, 0.4) is 0 Å². The number of benzene rings is 1. The number of furan rings is 1. The Labute approximate surface area is 125 Å². The lowest BCUT2D eigenvalue weighted by Gasteiger charge is -2.24. The van der Waals surface area contributed by atoms with Crippen molar-refractivity contribution < 1.29 is 9.21 Å². The molecular formula is C17H22N2O2. The van der Waals surface area contributed by atoms with Crippen molar-refractivity contribution in [2.45, 2.75) is 26.8 Å². The number of hydrogen-bond acceptors (Lipinski definition) is 3. The summed E-state index contributed by atoms with van der Waals surface area (Å²) in [7, 11) is 0. The molecule has 0 aliphatic rings. The second-order valence-corrected chi connectivity index (χ2v) is 5.46. The lowest BCUT2D eigenvalue weighted by atomic mass is 10.0. The molecule has 1 amide bonds. The highest BCUT2D eigenvalue weighted by molar-refractivity contribution is 5.95. The summed E-state index contributed by atoms with van der Waals surface area (Å²) in [4.78, 5) is 12.1. The van der Waals surface area contributed by atoms with Gasteiger partial charge in [0.1, 0.15) is 5.76 Å². The van der Waals surface area contributed by atoms with Gasteiger partial charge in [0.25, 0.3) is 5.91 Å². The van der Waals surface area contributed by atoms with Crippen molar-refractivity contribution in [1.29, 1.82) is 0 Å². The summed E-state index contributed by atoms with van der Waals surface area (Å²) in [6.07, 6.45) is 1.53. The Bertz CT molecular complexity index is 575. The molecule has 1 aromatic heterocycles. The maximum absolute atomic E-state index is 12.1. The SMILES string of the molecule is Cc1occc1C(=O)NCC(Nc1ccccc1)C(C)C. The highest BCUT2D eigenvalue weighted by Crippen LogP contribution is 2.13. The van der Waals surface area contributed by atoms with Crippen LogP contribution in [0.15, 0.2) is 47.1 Å². The summed E-state index contributed by atoms with van der Waals surface area (Å²) in [6.45, 7) is 6.62. The molecule has 1 aromatic carbocycles. The minimum Gasteiger partial charge on any atom is -0.469 e. The van der Waals surface area contributed by atoms with Crippen LogP contribution in [0.1, 0.15) is 30.0 Å². The first-order valence-electron chi connectivity index (χ1n) is 7.22. The van der Waals surface area contributed by atoms with Gasteiger partial charge in [-0.25, -0.2) is 0 Å². The van der Waals surface area contributed by atoms with Crippen LogP contribution in [-0.4, -0.2) is 18.5 Å². The van der Waals surface area contributed by atoms with Crippen molar-refractivity contribution in [2.24, 2.45) is 5.92 Å². The van der Waals surface area contributed by atoms with E-state index in [1.807, 2.05) is 30.3 Å². The fourth-order valence-corrected chi connectivity index (χ4v) is 2.12. The van der Waals surface area contributed by atoms with Gasteiger partial charge in [0.2, 0.25) is 0 Å². The van der Waals surface area contributed by atoms with Crippen molar-refractivity contribution in [3.8, 4) is 0 Å². The van der Waals surface area contributed by atoms with E-state index in [0.717, 1.165) is 5.69 Å². The monoisotopic (exact) mass is 286 g/mol. The quantitative estimate of drug-likeness (QED) is 0.855. The predicted molar refractivity (Wildman–Crippen MR) is 84.5 cm³/mol. The topological polar surface area (TPSA) is 54.3 Å². The molecule has 0 radical (unpaired) electrons. The summed E-state index contributed by atoms with van der Waals surface area (Å²) in [5.74, 6) is 0.947. The van der Waals surface area contributed by atoms with Crippen molar-refractivity contribution in [2.75, 3.05) is 11.9 Å². The lowest BCUT2D eigenvalue weighted by Crippen LogP contribution is -2.39. The van der Waals surface area contributed by atoms with Crippen LogP contribution in [0.25, 0.3) is 0 Å². The zero-order valence-corrected chi connectivity index (χ0v) is 12.7. The van der Waals surface area contributed by atoms with E-state index in [9.17, 15) is 4.79 Å². The zero-order chi connectivity index (χ0) is 15.2. The van der Waals surface area contributed by atoms with Crippen LogP contribution in [-0.2, 0) is 0 Å². The number of hydrogen-bond donors (Lipinski definition) is 2. The van der Waals surface area contributed by atoms with E-state index in [2.05, 4.69) is 24.5 Å². The van der Waals surface area contributed by atoms with Gasteiger partial charge in [0, 0.05) is 18.3 Å². The first kappa shape index (κ1) is 15.2. The number of amides is 1. The third-order valence-electron chi connectivity index (χ3n) is 3.52. The third kappa shape index (κ3) is 4.12. The second kappa shape index (κ2) is 6.97. The maximum atomic E-state index is 12.1. The zero-order valence-electron chi connectivity index (χ0n) is 12.7. The molecule has 4 heteroatoms. The van der Waals surface area contributed by atoms with Crippen LogP contribution in [0.4, 0.5) is 5.69 Å². The molecule has 0 aliphatic heterocycles. The van der Waals surface area contributed by atoms with E-state index in [1.165, 1.54) is 6.26 Å². The van der Waals surface area contributed by atoms with Crippen LogP contribution in [0, 0.1) is 12.8 Å². The number of anilines is 1. The molecule has 1 unspecified atom stereocenters. The summed E-state index contributed by atoms with van der Waals surface area (Å²) < 4.78 is 5.16. The number of para-hydroxylation sites is 1. The van der Waals surface area contributed by atoms with Crippen LogP contribution in [0.2, 0.25) is 0 Å². The number of carbonyl (C=O) groups excluding carboxylic acids is 1. The van der Waals surface area contributed by atoms with Crippen LogP contribution < -0.4 is 10.6 Å². The Morgan fingerprint density at radius 1 is 1.19 bits per heavy atom.